The monoisotopic (exact) mass is 301 g/mol. The Kier molecular flexibility index (Phi) is 3.38. The van der Waals surface area contributed by atoms with E-state index in [-0.39, 0.29) is 18.1 Å². The number of imidazole rings is 1. The molecule has 0 radical (unpaired) electrons. The highest BCUT2D eigenvalue weighted by molar-refractivity contribution is 5.97. The molecule has 7 heteroatoms. The van der Waals surface area contributed by atoms with E-state index in [1.165, 1.54) is 24.3 Å². The lowest BCUT2D eigenvalue weighted by atomic mass is 10.3. The molecule has 2 aromatic heterocycles. The second-order valence-electron chi connectivity index (χ2n) is 4.61. The molecule has 112 valence electrons. The number of halogens is 1. The second kappa shape index (κ2) is 5.36. The van der Waals surface area contributed by atoms with Gasteiger partial charge >= 0.3 is 5.97 Å². The third-order valence-electron chi connectivity index (χ3n) is 3.15. The van der Waals surface area contributed by atoms with Crippen molar-refractivity contribution in [1.82, 2.24) is 9.38 Å². The van der Waals surface area contributed by atoms with Crippen LogP contribution in [0.4, 0.5) is 10.1 Å². The minimum absolute atomic E-state index is 0.0313. The number of aromatic nitrogens is 2. The van der Waals surface area contributed by atoms with Gasteiger partial charge in [-0.15, -0.1) is 0 Å². The van der Waals surface area contributed by atoms with Crippen LogP contribution in [0.5, 0.6) is 5.75 Å². The molecule has 6 nitrogen and oxygen atoms in total. The third kappa shape index (κ3) is 2.44. The van der Waals surface area contributed by atoms with Gasteiger partial charge < -0.3 is 15.6 Å². The van der Waals surface area contributed by atoms with Gasteiger partial charge in [0.05, 0.1) is 5.69 Å². The highest BCUT2D eigenvalue weighted by Gasteiger charge is 2.18. The van der Waals surface area contributed by atoms with Crippen molar-refractivity contribution >= 4 is 17.2 Å². The fourth-order valence-corrected chi connectivity index (χ4v) is 2.16. The molecule has 0 aliphatic carbocycles. The van der Waals surface area contributed by atoms with Crippen LogP contribution in [-0.2, 0) is 6.61 Å². The predicted molar refractivity (Wildman–Crippen MR) is 77.3 cm³/mol. The lowest BCUT2D eigenvalue weighted by Crippen LogP contribution is -2.02. The van der Waals surface area contributed by atoms with Gasteiger partial charge in [-0.2, -0.15) is 0 Å². The number of pyridine rings is 1. The molecule has 1 aromatic carbocycles. The molecule has 0 amide bonds. The van der Waals surface area contributed by atoms with Crippen LogP contribution in [0, 0.1) is 5.82 Å². The Hall–Kier alpha value is -3.09. The number of hydrogen-bond acceptors (Lipinski definition) is 4. The largest absolute Gasteiger partial charge is 0.486 e. The van der Waals surface area contributed by atoms with Gasteiger partial charge in [-0.05, 0) is 36.4 Å². The van der Waals surface area contributed by atoms with Crippen LogP contribution < -0.4 is 10.5 Å². The molecule has 0 aliphatic heterocycles. The number of nitrogens with zero attached hydrogens (tertiary/aromatic N) is 2. The minimum Gasteiger partial charge on any atom is -0.486 e. The average Bonchev–Trinajstić information content (AvgIpc) is 2.87. The quantitative estimate of drug-likeness (QED) is 0.772. The van der Waals surface area contributed by atoms with E-state index in [1.54, 1.807) is 22.7 Å². The summed E-state index contributed by atoms with van der Waals surface area (Å²) in [5.74, 6) is -0.675. The van der Waals surface area contributed by atoms with Gasteiger partial charge in [-0.3, -0.25) is 4.40 Å². The summed E-state index contributed by atoms with van der Waals surface area (Å²) in [6.07, 6.45) is 1.66. The Morgan fingerprint density at radius 1 is 1.32 bits per heavy atom. The lowest BCUT2D eigenvalue weighted by molar-refractivity contribution is 0.0693. The molecule has 2 heterocycles. The van der Waals surface area contributed by atoms with E-state index in [1.807, 2.05) is 0 Å². The van der Waals surface area contributed by atoms with Crippen molar-refractivity contribution in [2.24, 2.45) is 0 Å². The van der Waals surface area contributed by atoms with Crippen LogP contribution in [0.25, 0.3) is 5.52 Å². The zero-order valence-electron chi connectivity index (χ0n) is 11.4. The summed E-state index contributed by atoms with van der Waals surface area (Å²) in [6, 6.07) is 8.82. The number of ether oxygens (including phenoxy) is 1. The smallest absolute Gasteiger partial charge is 0.356 e. The number of nitrogen functional groups attached to an aromatic ring is 1. The number of aromatic carboxylic acids is 1. The number of rotatable bonds is 4. The highest BCUT2D eigenvalue weighted by atomic mass is 19.1. The molecule has 0 unspecified atom stereocenters. The first-order chi connectivity index (χ1) is 10.6. The number of benzene rings is 1. The topological polar surface area (TPSA) is 89.9 Å². The van der Waals surface area contributed by atoms with Gasteiger partial charge in [0.15, 0.2) is 11.5 Å². The van der Waals surface area contributed by atoms with Gasteiger partial charge in [0.1, 0.15) is 23.7 Å². The first-order valence-electron chi connectivity index (χ1n) is 6.43. The zero-order valence-corrected chi connectivity index (χ0v) is 11.4. The zero-order chi connectivity index (χ0) is 15.7. The number of carbonyl (C=O) groups is 1. The van der Waals surface area contributed by atoms with E-state index >= 15 is 0 Å². The van der Waals surface area contributed by atoms with Crippen LogP contribution in [0.2, 0.25) is 0 Å². The molecule has 0 saturated carbocycles. The fourth-order valence-electron chi connectivity index (χ4n) is 2.16. The molecule has 0 spiro atoms. The summed E-state index contributed by atoms with van der Waals surface area (Å²) in [7, 11) is 0. The SMILES string of the molecule is Nc1cccn2c(COc3ccc(F)cc3)nc(C(=O)O)c12. The van der Waals surface area contributed by atoms with Crippen LogP contribution in [0.3, 0.4) is 0 Å². The Balaban J connectivity index is 1.95. The minimum atomic E-state index is -1.16. The molecule has 22 heavy (non-hydrogen) atoms. The molecule has 0 bridgehead atoms. The average molecular weight is 301 g/mol. The molecular formula is C15H12FN3O3. The van der Waals surface area contributed by atoms with Crippen molar-refractivity contribution in [2.75, 3.05) is 5.73 Å². The Morgan fingerprint density at radius 2 is 2.05 bits per heavy atom. The predicted octanol–water partition coefficient (Wildman–Crippen LogP) is 2.33. The molecular weight excluding hydrogens is 289 g/mol. The third-order valence-corrected chi connectivity index (χ3v) is 3.15. The molecule has 3 N–H and O–H groups in total. The number of carboxylic acids is 1. The standard InChI is InChI=1S/C15H12FN3O3/c16-9-3-5-10(6-4-9)22-8-12-18-13(15(20)21)14-11(17)2-1-7-19(12)14/h1-7H,8,17H2,(H,20,21). The molecule has 0 atom stereocenters. The van der Waals surface area contributed by atoms with Gasteiger partial charge in [-0.1, -0.05) is 0 Å². The molecule has 3 aromatic rings. The van der Waals surface area contributed by atoms with Crippen molar-refractivity contribution in [3.63, 3.8) is 0 Å². The summed E-state index contributed by atoms with van der Waals surface area (Å²) in [4.78, 5) is 15.3. The van der Waals surface area contributed by atoms with Crippen LogP contribution in [0.1, 0.15) is 16.3 Å². The van der Waals surface area contributed by atoms with Crippen molar-refractivity contribution in [2.45, 2.75) is 6.61 Å². The van der Waals surface area contributed by atoms with Gasteiger partial charge in [0.2, 0.25) is 0 Å². The number of anilines is 1. The summed E-state index contributed by atoms with van der Waals surface area (Å²) in [5, 5.41) is 9.22. The Morgan fingerprint density at radius 3 is 2.73 bits per heavy atom. The first-order valence-corrected chi connectivity index (χ1v) is 6.43. The summed E-state index contributed by atoms with van der Waals surface area (Å²) < 4.78 is 19.9. The summed E-state index contributed by atoms with van der Waals surface area (Å²) in [5.41, 5.74) is 6.34. The molecule has 0 saturated heterocycles. The molecule has 0 fully saturated rings. The van der Waals surface area contributed by atoms with Crippen molar-refractivity contribution in [3.05, 3.63) is 59.9 Å². The van der Waals surface area contributed by atoms with E-state index in [9.17, 15) is 14.3 Å². The summed E-state index contributed by atoms with van der Waals surface area (Å²) in [6.45, 7) is 0.0313. The van der Waals surface area contributed by atoms with Gasteiger partial charge in [0, 0.05) is 6.20 Å². The van der Waals surface area contributed by atoms with E-state index < -0.39 is 5.97 Å². The molecule has 0 aliphatic rings. The number of fused-ring (bicyclic) bond motifs is 1. The highest BCUT2D eigenvalue weighted by Crippen LogP contribution is 2.21. The van der Waals surface area contributed by atoms with Gasteiger partial charge in [-0.25, -0.2) is 14.2 Å². The normalized spacial score (nSPS) is 10.8. The van der Waals surface area contributed by atoms with E-state index in [2.05, 4.69) is 4.98 Å². The van der Waals surface area contributed by atoms with E-state index in [0.717, 1.165) is 0 Å². The maximum Gasteiger partial charge on any atom is 0.356 e. The Bertz CT molecular complexity index is 843. The fraction of sp³-hybridized carbons (Fsp3) is 0.0667. The summed E-state index contributed by atoms with van der Waals surface area (Å²) >= 11 is 0. The van der Waals surface area contributed by atoms with E-state index in [0.29, 0.717) is 22.8 Å². The van der Waals surface area contributed by atoms with Gasteiger partial charge in [0.25, 0.3) is 0 Å². The van der Waals surface area contributed by atoms with Crippen LogP contribution in [0.15, 0.2) is 42.6 Å². The number of hydrogen-bond donors (Lipinski definition) is 2. The molecule has 3 rings (SSSR count). The first kappa shape index (κ1) is 13.9. The number of nitrogens with two attached hydrogens (primary N) is 1. The van der Waals surface area contributed by atoms with Crippen molar-refractivity contribution in [3.8, 4) is 5.75 Å². The maximum atomic E-state index is 12.8. The Labute approximate surface area is 124 Å². The lowest BCUT2D eigenvalue weighted by Gasteiger charge is -2.06. The van der Waals surface area contributed by atoms with E-state index in [4.69, 9.17) is 10.5 Å². The maximum absolute atomic E-state index is 12.8. The number of carboxylic acid groups (broad SMARTS) is 1. The van der Waals surface area contributed by atoms with Crippen LogP contribution >= 0.6 is 0 Å². The second-order valence-corrected chi connectivity index (χ2v) is 4.61. The van der Waals surface area contributed by atoms with Crippen molar-refractivity contribution in [1.29, 1.82) is 0 Å². The van der Waals surface area contributed by atoms with Crippen LogP contribution in [-0.4, -0.2) is 20.5 Å². The van der Waals surface area contributed by atoms with Crippen molar-refractivity contribution < 1.29 is 19.0 Å².